The van der Waals surface area contributed by atoms with Gasteiger partial charge >= 0.3 is 0 Å². The predicted octanol–water partition coefficient (Wildman–Crippen LogP) is 4.84. The molecule has 0 aliphatic heterocycles. The average molecular weight is 419 g/mol. The molecule has 0 aromatic carbocycles. The third-order valence-electron chi connectivity index (χ3n) is 5.89. The SMILES string of the molecule is CCn1c(SCC(=O)NC2CCCCCC2)nnc1-c1csc2c1CCCC2. The molecule has 2 aromatic rings. The fourth-order valence-corrected chi connectivity index (χ4v) is 6.32. The summed E-state index contributed by atoms with van der Waals surface area (Å²) in [6.45, 7) is 2.95. The summed E-state index contributed by atoms with van der Waals surface area (Å²) >= 11 is 3.37. The van der Waals surface area contributed by atoms with Crippen molar-refractivity contribution in [3.05, 3.63) is 15.8 Å². The minimum Gasteiger partial charge on any atom is -0.353 e. The number of carbonyl (C=O) groups excluding carboxylic acids is 1. The summed E-state index contributed by atoms with van der Waals surface area (Å²) in [6, 6.07) is 0.354. The van der Waals surface area contributed by atoms with Crippen molar-refractivity contribution in [3.63, 3.8) is 0 Å². The van der Waals surface area contributed by atoms with E-state index in [1.54, 1.807) is 0 Å². The number of nitrogens with one attached hydrogen (secondary N) is 1. The average Bonchev–Trinajstić information content (AvgIpc) is 3.22. The van der Waals surface area contributed by atoms with Crippen LogP contribution < -0.4 is 5.32 Å². The van der Waals surface area contributed by atoms with Crippen LogP contribution in [0.3, 0.4) is 0 Å². The number of carbonyl (C=O) groups is 1. The molecule has 28 heavy (non-hydrogen) atoms. The standard InChI is InChI=1S/C21H30N4OS2/c1-2-25-20(17-13-27-18-12-8-7-11-16(17)18)23-24-21(25)28-14-19(26)22-15-9-5-3-4-6-10-15/h13,15H,2-12,14H2,1H3,(H,22,26). The van der Waals surface area contributed by atoms with Crippen LogP contribution in [-0.4, -0.2) is 32.5 Å². The lowest BCUT2D eigenvalue weighted by Gasteiger charge is -2.16. The molecule has 1 amide bonds. The Morgan fingerprint density at radius 1 is 1.18 bits per heavy atom. The van der Waals surface area contributed by atoms with E-state index in [2.05, 4.69) is 32.4 Å². The van der Waals surface area contributed by atoms with E-state index in [-0.39, 0.29) is 5.91 Å². The molecule has 0 unspecified atom stereocenters. The number of aromatic nitrogens is 3. The number of thioether (sulfide) groups is 1. The molecule has 0 bridgehead atoms. The van der Waals surface area contributed by atoms with Crippen molar-refractivity contribution in [2.45, 2.75) is 88.9 Å². The lowest BCUT2D eigenvalue weighted by atomic mass is 9.96. The first-order chi connectivity index (χ1) is 13.8. The van der Waals surface area contributed by atoms with E-state index in [0.717, 1.165) is 36.8 Å². The molecule has 1 N–H and O–H groups in total. The molecule has 2 aliphatic rings. The fourth-order valence-electron chi connectivity index (χ4n) is 4.38. The molecule has 0 atom stereocenters. The zero-order valence-electron chi connectivity index (χ0n) is 16.7. The third kappa shape index (κ3) is 4.46. The molecule has 0 saturated heterocycles. The highest BCUT2D eigenvalue weighted by Crippen LogP contribution is 2.36. The lowest BCUT2D eigenvalue weighted by molar-refractivity contribution is -0.119. The van der Waals surface area contributed by atoms with Gasteiger partial charge in [-0.2, -0.15) is 0 Å². The van der Waals surface area contributed by atoms with Crippen molar-refractivity contribution in [1.29, 1.82) is 0 Å². The Kier molecular flexibility index (Phi) is 6.73. The zero-order valence-corrected chi connectivity index (χ0v) is 18.3. The van der Waals surface area contributed by atoms with Gasteiger partial charge in [-0.1, -0.05) is 37.4 Å². The molecule has 2 heterocycles. The van der Waals surface area contributed by atoms with Gasteiger partial charge in [0.25, 0.3) is 0 Å². The normalized spacial score (nSPS) is 17.9. The molecule has 2 aromatic heterocycles. The van der Waals surface area contributed by atoms with E-state index < -0.39 is 0 Å². The first-order valence-electron chi connectivity index (χ1n) is 10.7. The van der Waals surface area contributed by atoms with E-state index in [1.165, 1.54) is 72.7 Å². The van der Waals surface area contributed by atoms with Crippen LogP contribution in [0.25, 0.3) is 11.4 Å². The number of thiophene rings is 1. The minimum absolute atomic E-state index is 0.122. The molecule has 4 rings (SSSR count). The number of amides is 1. The topological polar surface area (TPSA) is 59.8 Å². The van der Waals surface area contributed by atoms with Gasteiger partial charge in [0, 0.05) is 28.4 Å². The third-order valence-corrected chi connectivity index (χ3v) is 7.94. The highest BCUT2D eigenvalue weighted by molar-refractivity contribution is 7.99. The first-order valence-corrected chi connectivity index (χ1v) is 12.6. The molecule has 0 spiro atoms. The number of rotatable bonds is 6. The number of hydrogen-bond acceptors (Lipinski definition) is 5. The molecule has 7 heteroatoms. The Labute approximate surface area is 175 Å². The molecule has 1 fully saturated rings. The number of nitrogens with zero attached hydrogens (tertiary/aromatic N) is 3. The van der Waals surface area contributed by atoms with Gasteiger partial charge in [0.1, 0.15) is 0 Å². The van der Waals surface area contributed by atoms with E-state index in [4.69, 9.17) is 0 Å². The van der Waals surface area contributed by atoms with Gasteiger partial charge in [-0.05, 0) is 51.0 Å². The Bertz CT molecular complexity index is 805. The Morgan fingerprint density at radius 3 is 2.75 bits per heavy atom. The molecule has 2 aliphatic carbocycles. The van der Waals surface area contributed by atoms with Crippen molar-refractivity contribution in [3.8, 4) is 11.4 Å². The van der Waals surface area contributed by atoms with Gasteiger partial charge in [-0.3, -0.25) is 4.79 Å². The van der Waals surface area contributed by atoms with Crippen molar-refractivity contribution in [2.24, 2.45) is 0 Å². The maximum atomic E-state index is 12.4. The summed E-state index contributed by atoms with van der Waals surface area (Å²) in [5, 5.41) is 15.3. The number of fused-ring (bicyclic) bond motifs is 1. The van der Waals surface area contributed by atoms with Crippen LogP contribution in [0.1, 0.15) is 68.7 Å². The second-order valence-corrected chi connectivity index (χ2v) is 9.76. The molecule has 1 saturated carbocycles. The van der Waals surface area contributed by atoms with Crippen LogP contribution in [0.15, 0.2) is 10.5 Å². The second-order valence-electron chi connectivity index (χ2n) is 7.85. The summed E-state index contributed by atoms with van der Waals surface area (Å²) in [7, 11) is 0. The number of hydrogen-bond donors (Lipinski definition) is 1. The van der Waals surface area contributed by atoms with Crippen molar-refractivity contribution < 1.29 is 4.79 Å². The molecular formula is C21H30N4OS2. The largest absolute Gasteiger partial charge is 0.353 e. The monoisotopic (exact) mass is 418 g/mol. The summed E-state index contributed by atoms with van der Waals surface area (Å²) in [5.74, 6) is 1.50. The Hall–Kier alpha value is -1.34. The molecule has 0 radical (unpaired) electrons. The lowest BCUT2D eigenvalue weighted by Crippen LogP contribution is -2.35. The maximum absolute atomic E-state index is 12.4. The van der Waals surface area contributed by atoms with Crippen LogP contribution in [-0.2, 0) is 24.2 Å². The van der Waals surface area contributed by atoms with E-state index in [9.17, 15) is 4.79 Å². The smallest absolute Gasteiger partial charge is 0.230 e. The van der Waals surface area contributed by atoms with Crippen LogP contribution in [0.5, 0.6) is 0 Å². The van der Waals surface area contributed by atoms with Crippen LogP contribution >= 0.6 is 23.1 Å². The van der Waals surface area contributed by atoms with E-state index >= 15 is 0 Å². The number of aryl methyl sites for hydroxylation is 1. The summed E-state index contributed by atoms with van der Waals surface area (Å²) in [4.78, 5) is 14.0. The fraction of sp³-hybridized carbons (Fsp3) is 0.667. The van der Waals surface area contributed by atoms with E-state index in [1.807, 2.05) is 11.3 Å². The van der Waals surface area contributed by atoms with Crippen molar-refractivity contribution >= 4 is 29.0 Å². The molecule has 5 nitrogen and oxygen atoms in total. The van der Waals surface area contributed by atoms with Gasteiger partial charge in [0.2, 0.25) is 5.91 Å². The van der Waals surface area contributed by atoms with Crippen molar-refractivity contribution in [1.82, 2.24) is 20.1 Å². The van der Waals surface area contributed by atoms with E-state index in [0.29, 0.717) is 11.8 Å². The maximum Gasteiger partial charge on any atom is 0.230 e. The highest BCUT2D eigenvalue weighted by Gasteiger charge is 2.22. The van der Waals surface area contributed by atoms with Gasteiger partial charge in [-0.25, -0.2) is 0 Å². The van der Waals surface area contributed by atoms with Gasteiger partial charge in [-0.15, -0.1) is 21.5 Å². The minimum atomic E-state index is 0.122. The molecular weight excluding hydrogens is 388 g/mol. The zero-order chi connectivity index (χ0) is 19.3. The summed E-state index contributed by atoms with van der Waals surface area (Å²) in [6.07, 6.45) is 12.2. The first kappa shape index (κ1) is 20.0. The Balaban J connectivity index is 1.41. The highest BCUT2D eigenvalue weighted by atomic mass is 32.2. The summed E-state index contributed by atoms with van der Waals surface area (Å²) in [5.41, 5.74) is 2.73. The molecule has 152 valence electrons. The van der Waals surface area contributed by atoms with Gasteiger partial charge < -0.3 is 9.88 Å². The van der Waals surface area contributed by atoms with Crippen LogP contribution in [0.2, 0.25) is 0 Å². The second kappa shape index (κ2) is 9.44. The Morgan fingerprint density at radius 2 is 1.96 bits per heavy atom. The van der Waals surface area contributed by atoms with Crippen LogP contribution in [0.4, 0.5) is 0 Å². The van der Waals surface area contributed by atoms with Gasteiger partial charge in [0.15, 0.2) is 11.0 Å². The quantitative estimate of drug-likeness (QED) is 0.539. The predicted molar refractivity (Wildman–Crippen MR) is 116 cm³/mol. The summed E-state index contributed by atoms with van der Waals surface area (Å²) < 4.78 is 2.17. The van der Waals surface area contributed by atoms with Crippen molar-refractivity contribution in [2.75, 3.05) is 5.75 Å². The van der Waals surface area contributed by atoms with Gasteiger partial charge in [0.05, 0.1) is 5.75 Å². The van der Waals surface area contributed by atoms with Crippen LogP contribution in [0, 0.1) is 0 Å².